The van der Waals surface area contributed by atoms with Gasteiger partial charge in [-0.3, -0.25) is 0 Å². The number of halogens is 2. The van der Waals surface area contributed by atoms with Crippen molar-refractivity contribution >= 4 is 33.4 Å². The van der Waals surface area contributed by atoms with Crippen LogP contribution in [0, 0.1) is 17.1 Å². The molecule has 2 rings (SSSR count). The topological polar surface area (TPSA) is 49.8 Å². The van der Waals surface area contributed by atoms with E-state index in [1.807, 2.05) is 24.3 Å². The van der Waals surface area contributed by atoms with Crippen LogP contribution in [0.4, 0.5) is 10.1 Å². The van der Waals surface area contributed by atoms with Crippen molar-refractivity contribution in [3.8, 4) is 6.07 Å². The summed E-state index contributed by atoms with van der Waals surface area (Å²) >= 11 is 4.86. The van der Waals surface area contributed by atoms with Crippen molar-refractivity contribution in [2.45, 2.75) is 10.6 Å². The van der Waals surface area contributed by atoms with Gasteiger partial charge in [0, 0.05) is 20.8 Å². The molecular weight excluding hydrogens is 327 g/mol. The average Bonchev–Trinajstić information content (AvgIpc) is 2.37. The molecule has 2 N–H and O–H groups in total. The number of hydrogen-bond acceptors (Lipinski definition) is 3. The minimum atomic E-state index is -0.390. The molecule has 96 valence electrons. The Morgan fingerprint density at radius 3 is 2.74 bits per heavy atom. The first-order chi connectivity index (χ1) is 9.08. The zero-order valence-electron chi connectivity index (χ0n) is 9.86. The molecule has 0 heterocycles. The van der Waals surface area contributed by atoms with Gasteiger partial charge in [-0.15, -0.1) is 11.8 Å². The summed E-state index contributed by atoms with van der Waals surface area (Å²) in [5.74, 6) is 0.177. The number of nitrogens with zero attached hydrogens (tertiary/aromatic N) is 1. The second kappa shape index (κ2) is 6.09. The van der Waals surface area contributed by atoms with E-state index in [2.05, 4.69) is 15.9 Å². The summed E-state index contributed by atoms with van der Waals surface area (Å²) in [6, 6.07) is 11.9. The van der Waals surface area contributed by atoms with Crippen molar-refractivity contribution in [3.63, 3.8) is 0 Å². The van der Waals surface area contributed by atoms with E-state index in [4.69, 9.17) is 11.0 Å². The normalized spacial score (nSPS) is 10.2. The van der Waals surface area contributed by atoms with Crippen LogP contribution in [-0.2, 0) is 5.75 Å². The van der Waals surface area contributed by atoms with E-state index in [1.165, 1.54) is 23.9 Å². The zero-order valence-corrected chi connectivity index (χ0v) is 12.3. The lowest BCUT2D eigenvalue weighted by atomic mass is 10.1. The summed E-state index contributed by atoms with van der Waals surface area (Å²) in [7, 11) is 0. The predicted molar refractivity (Wildman–Crippen MR) is 79.2 cm³/mol. The number of benzene rings is 2. The lowest BCUT2D eigenvalue weighted by Crippen LogP contribution is -1.90. The number of anilines is 1. The van der Waals surface area contributed by atoms with Crippen LogP contribution in [0.25, 0.3) is 0 Å². The highest BCUT2D eigenvalue weighted by Crippen LogP contribution is 2.30. The molecule has 0 saturated carbocycles. The van der Waals surface area contributed by atoms with Crippen molar-refractivity contribution in [3.05, 3.63) is 57.8 Å². The SMILES string of the molecule is N#Cc1cc(F)cc(CSc2ccc(Br)cc2N)c1. The van der Waals surface area contributed by atoms with Crippen molar-refractivity contribution in [2.75, 3.05) is 5.73 Å². The quantitative estimate of drug-likeness (QED) is 0.670. The average molecular weight is 337 g/mol. The molecule has 0 aromatic heterocycles. The molecule has 2 aromatic rings. The number of nitriles is 1. The maximum atomic E-state index is 13.3. The monoisotopic (exact) mass is 336 g/mol. The molecule has 0 amide bonds. The van der Waals surface area contributed by atoms with Gasteiger partial charge in [0.05, 0.1) is 11.6 Å². The Bertz CT molecular complexity index is 652. The van der Waals surface area contributed by atoms with Crippen LogP contribution < -0.4 is 5.73 Å². The van der Waals surface area contributed by atoms with Crippen molar-refractivity contribution < 1.29 is 4.39 Å². The third kappa shape index (κ3) is 3.72. The summed E-state index contributed by atoms with van der Waals surface area (Å²) in [6.45, 7) is 0. The number of hydrogen-bond donors (Lipinski definition) is 1. The number of nitrogens with two attached hydrogens (primary N) is 1. The van der Waals surface area contributed by atoms with Crippen molar-refractivity contribution in [2.24, 2.45) is 0 Å². The summed E-state index contributed by atoms with van der Waals surface area (Å²) in [6.07, 6.45) is 0. The van der Waals surface area contributed by atoms with Crippen molar-refractivity contribution in [1.82, 2.24) is 0 Å². The number of thioether (sulfide) groups is 1. The first kappa shape index (κ1) is 13.9. The first-order valence-corrected chi connectivity index (χ1v) is 7.24. The summed E-state index contributed by atoms with van der Waals surface area (Å²) in [4.78, 5) is 0.936. The highest BCUT2D eigenvalue weighted by molar-refractivity contribution is 9.10. The van der Waals surface area contributed by atoms with E-state index in [9.17, 15) is 4.39 Å². The van der Waals surface area contributed by atoms with Gasteiger partial charge in [-0.2, -0.15) is 5.26 Å². The van der Waals surface area contributed by atoms with Gasteiger partial charge in [0.15, 0.2) is 0 Å². The van der Waals surface area contributed by atoms with Crippen LogP contribution in [0.1, 0.15) is 11.1 Å². The van der Waals surface area contributed by atoms with Gasteiger partial charge in [-0.1, -0.05) is 15.9 Å². The van der Waals surface area contributed by atoms with Crippen LogP contribution in [0.5, 0.6) is 0 Å². The molecule has 0 atom stereocenters. The smallest absolute Gasteiger partial charge is 0.124 e. The molecule has 5 heteroatoms. The zero-order chi connectivity index (χ0) is 13.8. The Morgan fingerprint density at radius 2 is 2.05 bits per heavy atom. The Kier molecular flexibility index (Phi) is 4.46. The van der Waals surface area contributed by atoms with E-state index in [-0.39, 0.29) is 0 Å². The fraction of sp³-hybridized carbons (Fsp3) is 0.0714. The molecule has 0 fully saturated rings. The third-order valence-corrected chi connectivity index (χ3v) is 4.11. The van der Waals surface area contributed by atoms with Gasteiger partial charge in [0.25, 0.3) is 0 Å². The largest absolute Gasteiger partial charge is 0.398 e. The number of nitrogen functional groups attached to an aromatic ring is 1. The Balaban J connectivity index is 2.14. The van der Waals surface area contributed by atoms with Crippen LogP contribution in [0.2, 0.25) is 0 Å². The van der Waals surface area contributed by atoms with E-state index in [1.54, 1.807) is 6.07 Å². The minimum Gasteiger partial charge on any atom is -0.398 e. The lowest BCUT2D eigenvalue weighted by molar-refractivity contribution is 0.626. The van der Waals surface area contributed by atoms with Gasteiger partial charge in [0.2, 0.25) is 0 Å². The molecule has 2 aromatic carbocycles. The highest BCUT2D eigenvalue weighted by Gasteiger charge is 2.04. The summed E-state index contributed by atoms with van der Waals surface area (Å²) in [5.41, 5.74) is 7.67. The van der Waals surface area contributed by atoms with Gasteiger partial charge in [-0.05, 0) is 42.0 Å². The maximum absolute atomic E-state index is 13.3. The molecule has 0 aliphatic heterocycles. The van der Waals surface area contributed by atoms with Gasteiger partial charge in [0.1, 0.15) is 5.82 Å². The van der Waals surface area contributed by atoms with Gasteiger partial charge < -0.3 is 5.73 Å². The molecule has 2 nitrogen and oxygen atoms in total. The van der Waals surface area contributed by atoms with Crippen LogP contribution in [0.3, 0.4) is 0 Å². The fourth-order valence-electron chi connectivity index (χ4n) is 1.61. The molecule has 0 aliphatic rings. The predicted octanol–water partition coefficient (Wildman–Crippen LogP) is 4.33. The first-order valence-electron chi connectivity index (χ1n) is 5.46. The van der Waals surface area contributed by atoms with E-state index < -0.39 is 5.82 Å². The molecule has 0 spiro atoms. The molecule has 19 heavy (non-hydrogen) atoms. The van der Waals surface area contributed by atoms with Crippen LogP contribution >= 0.6 is 27.7 Å². The molecule has 0 bridgehead atoms. The van der Waals surface area contributed by atoms with Crippen molar-refractivity contribution in [1.29, 1.82) is 5.26 Å². The third-order valence-electron chi connectivity index (χ3n) is 2.45. The summed E-state index contributed by atoms with van der Waals surface area (Å²) in [5, 5.41) is 8.80. The van der Waals surface area contributed by atoms with E-state index in [0.717, 1.165) is 14.9 Å². The standard InChI is InChI=1S/C14H10BrFN2S/c15-11-1-2-14(13(18)6-11)19-8-10-3-9(7-17)4-12(16)5-10/h1-6H,8,18H2. The van der Waals surface area contributed by atoms with Crippen LogP contribution in [-0.4, -0.2) is 0 Å². The Morgan fingerprint density at radius 1 is 1.26 bits per heavy atom. The van der Waals surface area contributed by atoms with Gasteiger partial charge >= 0.3 is 0 Å². The Hall–Kier alpha value is -1.51. The number of rotatable bonds is 3. The molecule has 0 aliphatic carbocycles. The molecular formula is C14H10BrFN2S. The molecule has 0 radical (unpaired) electrons. The lowest BCUT2D eigenvalue weighted by Gasteiger charge is -2.06. The fourth-order valence-corrected chi connectivity index (χ4v) is 2.87. The van der Waals surface area contributed by atoms with E-state index >= 15 is 0 Å². The van der Waals surface area contributed by atoms with Gasteiger partial charge in [-0.25, -0.2) is 4.39 Å². The second-order valence-corrected chi connectivity index (χ2v) is 5.86. The summed E-state index contributed by atoms with van der Waals surface area (Å²) < 4.78 is 14.2. The van der Waals surface area contributed by atoms with Crippen LogP contribution in [0.15, 0.2) is 45.8 Å². The highest BCUT2D eigenvalue weighted by atomic mass is 79.9. The second-order valence-electron chi connectivity index (χ2n) is 3.93. The Labute approximate surface area is 123 Å². The molecule has 0 saturated heterocycles. The maximum Gasteiger partial charge on any atom is 0.124 e. The molecule has 0 unspecified atom stereocenters. The van der Waals surface area contributed by atoms with E-state index in [0.29, 0.717) is 17.0 Å². The minimum absolute atomic E-state index is 0.333.